The van der Waals surface area contributed by atoms with Gasteiger partial charge in [-0.2, -0.15) is 0 Å². The molecule has 1 aromatic heterocycles. The molecule has 0 fully saturated rings. The number of carbonyl (C=O) groups excluding carboxylic acids is 1. The summed E-state index contributed by atoms with van der Waals surface area (Å²) in [7, 11) is 1.52. The van der Waals surface area contributed by atoms with Crippen molar-refractivity contribution in [1.29, 1.82) is 0 Å². The van der Waals surface area contributed by atoms with E-state index in [1.54, 1.807) is 18.2 Å². The van der Waals surface area contributed by atoms with Crippen molar-refractivity contribution >= 4 is 28.4 Å². The average Bonchev–Trinajstić information content (AvgIpc) is 2.44. The summed E-state index contributed by atoms with van der Waals surface area (Å²) in [5, 5.41) is 20.1. The van der Waals surface area contributed by atoms with E-state index in [0.29, 0.717) is 16.7 Å². The maximum Gasteiger partial charge on any atom is 0.249 e. The van der Waals surface area contributed by atoms with Gasteiger partial charge in [0.2, 0.25) is 5.91 Å². The number of fused-ring (bicyclic) bond motifs is 1. The van der Waals surface area contributed by atoms with Crippen LogP contribution in [0.3, 0.4) is 0 Å². The molecule has 1 aromatic carbocycles. The molecule has 0 spiro atoms. The Bertz CT molecular complexity index is 662. The molecule has 0 aliphatic heterocycles. The predicted molar refractivity (Wildman–Crippen MR) is 73.5 cm³/mol. The number of aliphatic hydroxyl groups excluding tert-OH is 2. The number of rotatable bonds is 4. The average molecular weight is 297 g/mol. The van der Waals surface area contributed by atoms with Gasteiger partial charge in [-0.05, 0) is 24.3 Å². The summed E-state index contributed by atoms with van der Waals surface area (Å²) in [5.41, 5.74) is 5.67. The maximum atomic E-state index is 10.9. The number of halogens is 1. The van der Waals surface area contributed by atoms with Gasteiger partial charge in [0.15, 0.2) is 6.10 Å². The first-order valence-corrected chi connectivity index (χ1v) is 6.11. The number of nitrogens with two attached hydrogens (primary N) is 1. The molecule has 7 heteroatoms. The van der Waals surface area contributed by atoms with E-state index in [2.05, 4.69) is 4.98 Å². The van der Waals surface area contributed by atoms with Gasteiger partial charge in [0, 0.05) is 10.9 Å². The lowest BCUT2D eigenvalue weighted by molar-refractivity contribution is -0.131. The fraction of sp³-hybridized carbons (Fsp3) is 0.231. The number of amides is 1. The van der Waals surface area contributed by atoms with E-state index in [4.69, 9.17) is 22.1 Å². The number of ether oxygens (including phenoxy) is 1. The molecular formula is C13H13ClN2O4. The molecule has 0 saturated carbocycles. The van der Waals surface area contributed by atoms with Crippen LogP contribution in [0.4, 0.5) is 0 Å². The van der Waals surface area contributed by atoms with Gasteiger partial charge in [0.1, 0.15) is 17.0 Å². The molecule has 2 aromatic rings. The number of nitrogens with zero attached hydrogens (tertiary/aromatic N) is 1. The van der Waals surface area contributed by atoms with Gasteiger partial charge in [0.25, 0.3) is 0 Å². The second kappa shape index (κ2) is 5.62. The monoisotopic (exact) mass is 296 g/mol. The minimum absolute atomic E-state index is 0.00420. The minimum Gasteiger partial charge on any atom is -0.497 e. The molecule has 20 heavy (non-hydrogen) atoms. The number of pyridine rings is 1. The van der Waals surface area contributed by atoms with Crippen molar-refractivity contribution in [1.82, 2.24) is 4.98 Å². The fourth-order valence-corrected chi connectivity index (χ4v) is 2.06. The minimum atomic E-state index is -1.75. The van der Waals surface area contributed by atoms with Crippen molar-refractivity contribution in [3.05, 3.63) is 35.0 Å². The Morgan fingerprint density at radius 3 is 2.70 bits per heavy atom. The second-order valence-electron chi connectivity index (χ2n) is 4.22. The molecule has 106 valence electrons. The third kappa shape index (κ3) is 2.67. The number of methoxy groups -OCH3 is 1. The van der Waals surface area contributed by atoms with Crippen LogP contribution in [0.5, 0.6) is 5.75 Å². The lowest BCUT2D eigenvalue weighted by Crippen LogP contribution is -2.34. The highest BCUT2D eigenvalue weighted by molar-refractivity contribution is 6.30. The van der Waals surface area contributed by atoms with Crippen molar-refractivity contribution in [2.75, 3.05) is 7.11 Å². The summed E-state index contributed by atoms with van der Waals surface area (Å²) in [6, 6.07) is 6.66. The van der Waals surface area contributed by atoms with E-state index in [0.717, 1.165) is 0 Å². The number of hydrogen-bond donors (Lipinski definition) is 3. The van der Waals surface area contributed by atoms with Gasteiger partial charge in [-0.3, -0.25) is 4.79 Å². The topological polar surface area (TPSA) is 106 Å². The smallest absolute Gasteiger partial charge is 0.249 e. The molecule has 4 N–H and O–H groups in total. The zero-order chi connectivity index (χ0) is 14.9. The molecule has 1 heterocycles. The number of primary amides is 1. The van der Waals surface area contributed by atoms with Gasteiger partial charge < -0.3 is 20.7 Å². The summed E-state index contributed by atoms with van der Waals surface area (Å²) in [4.78, 5) is 15.0. The molecule has 0 aliphatic rings. The highest BCUT2D eigenvalue weighted by Gasteiger charge is 2.26. The van der Waals surface area contributed by atoms with E-state index in [1.165, 1.54) is 13.2 Å². The van der Waals surface area contributed by atoms with Gasteiger partial charge in [-0.25, -0.2) is 4.98 Å². The van der Waals surface area contributed by atoms with Crippen LogP contribution in [-0.4, -0.2) is 34.3 Å². The molecule has 1 amide bonds. The Morgan fingerprint density at radius 2 is 2.10 bits per heavy atom. The van der Waals surface area contributed by atoms with Gasteiger partial charge in [-0.15, -0.1) is 0 Å². The number of hydrogen-bond acceptors (Lipinski definition) is 5. The van der Waals surface area contributed by atoms with Crippen LogP contribution >= 0.6 is 11.6 Å². The molecule has 0 radical (unpaired) electrons. The zero-order valence-corrected chi connectivity index (χ0v) is 11.3. The number of carbonyl (C=O) groups is 1. The Labute approximate surface area is 119 Å². The first-order valence-electron chi connectivity index (χ1n) is 5.73. The highest BCUT2D eigenvalue weighted by atomic mass is 35.5. The number of aromatic nitrogens is 1. The highest BCUT2D eigenvalue weighted by Crippen LogP contribution is 2.29. The standard InChI is InChI=1S/C13H13ClN2O4/c1-20-7-2-3-9-6(4-7)5-8(12(14)16-9)10(17)11(18)13(15)19/h2-5,10-11,17-18H,1H3,(H2,15,19). The first kappa shape index (κ1) is 14.5. The fourth-order valence-electron chi connectivity index (χ4n) is 1.81. The lowest BCUT2D eigenvalue weighted by Gasteiger charge is -2.16. The van der Waals surface area contributed by atoms with Crippen molar-refractivity contribution < 1.29 is 19.7 Å². The van der Waals surface area contributed by atoms with Crippen molar-refractivity contribution in [2.45, 2.75) is 12.2 Å². The maximum absolute atomic E-state index is 10.9. The summed E-state index contributed by atoms with van der Waals surface area (Å²) < 4.78 is 5.09. The lowest BCUT2D eigenvalue weighted by atomic mass is 10.0. The number of benzene rings is 1. The summed E-state index contributed by atoms with van der Waals surface area (Å²) in [6.45, 7) is 0. The van der Waals surface area contributed by atoms with Crippen LogP contribution in [0.25, 0.3) is 10.9 Å². The Balaban J connectivity index is 2.53. The third-order valence-corrected chi connectivity index (χ3v) is 3.21. The largest absolute Gasteiger partial charge is 0.497 e. The molecule has 2 unspecified atom stereocenters. The predicted octanol–water partition coefficient (Wildman–Crippen LogP) is 0.776. The zero-order valence-electron chi connectivity index (χ0n) is 10.6. The van der Waals surface area contributed by atoms with Crippen LogP contribution in [0.1, 0.15) is 11.7 Å². The Morgan fingerprint density at radius 1 is 1.40 bits per heavy atom. The molecule has 0 saturated heterocycles. The van der Waals surface area contributed by atoms with Crippen LogP contribution in [0.2, 0.25) is 5.15 Å². The third-order valence-electron chi connectivity index (χ3n) is 2.91. The molecule has 2 rings (SSSR count). The first-order chi connectivity index (χ1) is 9.43. The quantitative estimate of drug-likeness (QED) is 0.723. The van der Waals surface area contributed by atoms with Crippen molar-refractivity contribution in [3.8, 4) is 5.75 Å². The van der Waals surface area contributed by atoms with E-state index >= 15 is 0 Å². The van der Waals surface area contributed by atoms with E-state index < -0.39 is 18.1 Å². The van der Waals surface area contributed by atoms with Crippen LogP contribution in [-0.2, 0) is 4.79 Å². The normalized spacial score (nSPS) is 14.0. The molecule has 2 atom stereocenters. The van der Waals surface area contributed by atoms with Crippen LogP contribution < -0.4 is 10.5 Å². The molecule has 6 nitrogen and oxygen atoms in total. The SMILES string of the molecule is COc1ccc2nc(Cl)c(C(O)C(O)C(N)=O)cc2c1. The number of aliphatic hydroxyl groups is 2. The van der Waals surface area contributed by atoms with Crippen molar-refractivity contribution in [2.24, 2.45) is 5.73 Å². The molecule has 0 aliphatic carbocycles. The van der Waals surface area contributed by atoms with Crippen LogP contribution in [0, 0.1) is 0 Å². The van der Waals surface area contributed by atoms with Crippen molar-refractivity contribution in [3.63, 3.8) is 0 Å². The molecule has 0 bridgehead atoms. The van der Waals surface area contributed by atoms with E-state index in [9.17, 15) is 15.0 Å². The van der Waals surface area contributed by atoms with E-state index in [1.807, 2.05) is 0 Å². The van der Waals surface area contributed by atoms with Gasteiger partial charge in [0.05, 0.1) is 12.6 Å². The summed E-state index contributed by atoms with van der Waals surface area (Å²) in [6.07, 6.45) is -3.29. The summed E-state index contributed by atoms with van der Waals surface area (Å²) >= 11 is 5.95. The van der Waals surface area contributed by atoms with Gasteiger partial charge >= 0.3 is 0 Å². The Hall–Kier alpha value is -1.89. The summed E-state index contributed by atoms with van der Waals surface area (Å²) in [5.74, 6) is -0.434. The molecular weight excluding hydrogens is 284 g/mol. The Kier molecular flexibility index (Phi) is 4.08. The van der Waals surface area contributed by atoms with Crippen LogP contribution in [0.15, 0.2) is 24.3 Å². The van der Waals surface area contributed by atoms with E-state index in [-0.39, 0.29) is 10.7 Å². The second-order valence-corrected chi connectivity index (χ2v) is 4.58. The van der Waals surface area contributed by atoms with Gasteiger partial charge in [-0.1, -0.05) is 11.6 Å².